The molecule has 0 radical (unpaired) electrons. The van der Waals surface area contributed by atoms with Crippen LogP contribution >= 0.6 is 0 Å². The largest absolute Gasteiger partial charge is 0.491 e. The van der Waals surface area contributed by atoms with E-state index >= 15 is 0 Å². The Morgan fingerprint density at radius 1 is 1.41 bits per heavy atom. The average molecular weight is 301 g/mol. The summed E-state index contributed by atoms with van der Waals surface area (Å²) in [6.45, 7) is 7.06. The second kappa shape index (κ2) is 8.02. The molecule has 0 bridgehead atoms. The van der Waals surface area contributed by atoms with Crippen LogP contribution in [0.5, 0.6) is 5.75 Å². The normalized spacial score (nSPS) is 18.9. The van der Waals surface area contributed by atoms with Gasteiger partial charge in [-0.15, -0.1) is 0 Å². The molecule has 0 spiro atoms. The highest BCUT2D eigenvalue weighted by molar-refractivity contribution is 5.92. The van der Waals surface area contributed by atoms with Gasteiger partial charge in [-0.2, -0.15) is 0 Å². The summed E-state index contributed by atoms with van der Waals surface area (Å²) in [6.07, 6.45) is 8.26. The SMILES string of the molecule is CCC1CCCCN1C(=O)/C=C/c1cccc(OC(C)C)c1. The Balaban J connectivity index is 2.02. The second-order valence-corrected chi connectivity index (χ2v) is 6.16. The third-order valence-corrected chi connectivity index (χ3v) is 4.03. The first-order chi connectivity index (χ1) is 10.6. The first kappa shape index (κ1) is 16.6. The number of hydrogen-bond donors (Lipinski definition) is 0. The van der Waals surface area contributed by atoms with Crippen molar-refractivity contribution in [1.29, 1.82) is 0 Å². The Labute approximate surface area is 134 Å². The van der Waals surface area contributed by atoms with E-state index in [2.05, 4.69) is 6.92 Å². The fourth-order valence-corrected chi connectivity index (χ4v) is 2.94. The number of nitrogens with zero attached hydrogens (tertiary/aromatic N) is 1. The number of carbonyl (C=O) groups excluding carboxylic acids is 1. The van der Waals surface area contributed by atoms with Crippen molar-refractivity contribution >= 4 is 12.0 Å². The summed E-state index contributed by atoms with van der Waals surface area (Å²) in [6, 6.07) is 8.26. The highest BCUT2D eigenvalue weighted by Gasteiger charge is 2.23. The molecule has 22 heavy (non-hydrogen) atoms. The van der Waals surface area contributed by atoms with Crippen LogP contribution < -0.4 is 4.74 Å². The molecule has 3 nitrogen and oxygen atoms in total. The summed E-state index contributed by atoms with van der Waals surface area (Å²) in [7, 11) is 0. The standard InChI is InChI=1S/C19H27NO2/c1-4-17-9-5-6-13-20(17)19(21)12-11-16-8-7-10-18(14-16)22-15(2)3/h7-8,10-12,14-15,17H,4-6,9,13H2,1-3H3/b12-11+. The van der Waals surface area contributed by atoms with Crippen molar-refractivity contribution in [2.45, 2.75) is 58.6 Å². The van der Waals surface area contributed by atoms with E-state index in [0.717, 1.165) is 37.1 Å². The maximum Gasteiger partial charge on any atom is 0.246 e. The molecule has 1 fully saturated rings. The smallest absolute Gasteiger partial charge is 0.246 e. The van der Waals surface area contributed by atoms with Crippen LogP contribution in [0.2, 0.25) is 0 Å². The Bertz CT molecular complexity index is 522. The lowest BCUT2D eigenvalue weighted by Gasteiger charge is -2.34. The van der Waals surface area contributed by atoms with Gasteiger partial charge in [-0.3, -0.25) is 4.79 Å². The Kier molecular flexibility index (Phi) is 6.05. The zero-order chi connectivity index (χ0) is 15.9. The number of rotatable bonds is 5. The molecule has 2 rings (SSSR count). The zero-order valence-corrected chi connectivity index (χ0v) is 13.9. The highest BCUT2D eigenvalue weighted by Crippen LogP contribution is 2.20. The molecule has 3 heteroatoms. The molecule has 1 aliphatic rings. The third-order valence-electron chi connectivity index (χ3n) is 4.03. The van der Waals surface area contributed by atoms with E-state index in [0.29, 0.717) is 6.04 Å². The predicted molar refractivity (Wildman–Crippen MR) is 90.9 cm³/mol. The second-order valence-electron chi connectivity index (χ2n) is 6.16. The van der Waals surface area contributed by atoms with Crippen molar-refractivity contribution in [2.24, 2.45) is 0 Å². The van der Waals surface area contributed by atoms with Gasteiger partial charge in [0.15, 0.2) is 0 Å². The van der Waals surface area contributed by atoms with Crippen molar-refractivity contribution in [3.05, 3.63) is 35.9 Å². The number of ether oxygens (including phenoxy) is 1. The van der Waals surface area contributed by atoms with Crippen LogP contribution in [0.15, 0.2) is 30.3 Å². The molecule has 1 atom stereocenters. The van der Waals surface area contributed by atoms with Crippen molar-refractivity contribution in [1.82, 2.24) is 4.90 Å². The minimum absolute atomic E-state index is 0.127. The van der Waals surface area contributed by atoms with Gasteiger partial charge in [0.25, 0.3) is 0 Å². The van der Waals surface area contributed by atoms with Gasteiger partial charge in [0, 0.05) is 18.7 Å². The Hall–Kier alpha value is -1.77. The molecule has 1 aliphatic heterocycles. The van der Waals surface area contributed by atoms with Gasteiger partial charge in [0.1, 0.15) is 5.75 Å². The minimum Gasteiger partial charge on any atom is -0.491 e. The Morgan fingerprint density at radius 3 is 2.95 bits per heavy atom. The van der Waals surface area contributed by atoms with Crippen LogP contribution in [0, 0.1) is 0 Å². The molecule has 1 aromatic rings. The van der Waals surface area contributed by atoms with Gasteiger partial charge < -0.3 is 9.64 Å². The van der Waals surface area contributed by atoms with E-state index in [4.69, 9.17) is 4.74 Å². The molecule has 0 aliphatic carbocycles. The number of piperidine rings is 1. The van der Waals surface area contributed by atoms with E-state index in [9.17, 15) is 4.79 Å². The van der Waals surface area contributed by atoms with E-state index < -0.39 is 0 Å². The molecule has 1 unspecified atom stereocenters. The van der Waals surface area contributed by atoms with Gasteiger partial charge in [-0.1, -0.05) is 19.1 Å². The molecule has 0 N–H and O–H groups in total. The fourth-order valence-electron chi connectivity index (χ4n) is 2.94. The minimum atomic E-state index is 0.127. The van der Waals surface area contributed by atoms with Gasteiger partial charge >= 0.3 is 0 Å². The Morgan fingerprint density at radius 2 is 2.23 bits per heavy atom. The molecular formula is C19H27NO2. The van der Waals surface area contributed by atoms with Crippen LogP contribution in [0.3, 0.4) is 0 Å². The van der Waals surface area contributed by atoms with Crippen LogP contribution in [0.1, 0.15) is 52.0 Å². The van der Waals surface area contributed by atoms with Gasteiger partial charge in [-0.25, -0.2) is 0 Å². The zero-order valence-electron chi connectivity index (χ0n) is 13.9. The number of amides is 1. The van der Waals surface area contributed by atoms with E-state index in [1.165, 1.54) is 6.42 Å². The fraction of sp³-hybridized carbons (Fsp3) is 0.526. The summed E-state index contributed by atoms with van der Waals surface area (Å²) in [4.78, 5) is 14.4. The van der Waals surface area contributed by atoms with Gasteiger partial charge in [0.05, 0.1) is 6.10 Å². The predicted octanol–water partition coefficient (Wildman–Crippen LogP) is 4.28. The van der Waals surface area contributed by atoms with Crippen LogP contribution in [0.4, 0.5) is 0 Å². The van der Waals surface area contributed by atoms with Gasteiger partial charge in [-0.05, 0) is 63.3 Å². The number of hydrogen-bond acceptors (Lipinski definition) is 2. The number of carbonyl (C=O) groups is 1. The summed E-state index contributed by atoms with van der Waals surface area (Å²) in [5, 5.41) is 0. The molecule has 1 saturated heterocycles. The summed E-state index contributed by atoms with van der Waals surface area (Å²) < 4.78 is 5.68. The van der Waals surface area contributed by atoms with Crippen molar-refractivity contribution in [3.8, 4) is 5.75 Å². The molecular weight excluding hydrogens is 274 g/mol. The molecule has 0 saturated carbocycles. The van der Waals surface area contributed by atoms with Crippen molar-refractivity contribution in [2.75, 3.05) is 6.54 Å². The first-order valence-electron chi connectivity index (χ1n) is 8.35. The average Bonchev–Trinajstić information content (AvgIpc) is 2.52. The maximum atomic E-state index is 12.4. The lowest BCUT2D eigenvalue weighted by atomic mass is 10.00. The molecule has 1 amide bonds. The number of benzene rings is 1. The van der Waals surface area contributed by atoms with Crippen LogP contribution in [0.25, 0.3) is 6.08 Å². The molecule has 1 heterocycles. The lowest BCUT2D eigenvalue weighted by Crippen LogP contribution is -2.42. The molecule has 0 aromatic heterocycles. The third kappa shape index (κ3) is 4.62. The van der Waals surface area contributed by atoms with E-state index in [1.54, 1.807) is 6.08 Å². The monoisotopic (exact) mass is 301 g/mol. The lowest BCUT2D eigenvalue weighted by molar-refractivity contribution is -0.129. The van der Waals surface area contributed by atoms with Crippen LogP contribution in [-0.4, -0.2) is 29.5 Å². The topological polar surface area (TPSA) is 29.5 Å². The maximum absolute atomic E-state index is 12.4. The van der Waals surface area contributed by atoms with E-state index in [1.807, 2.05) is 49.1 Å². The van der Waals surface area contributed by atoms with Crippen molar-refractivity contribution in [3.63, 3.8) is 0 Å². The molecule has 1 aromatic carbocycles. The first-order valence-corrected chi connectivity index (χ1v) is 8.35. The van der Waals surface area contributed by atoms with E-state index in [-0.39, 0.29) is 12.0 Å². The van der Waals surface area contributed by atoms with Gasteiger partial charge in [0.2, 0.25) is 5.91 Å². The quantitative estimate of drug-likeness (QED) is 0.760. The van der Waals surface area contributed by atoms with Crippen molar-refractivity contribution < 1.29 is 9.53 Å². The molecule has 120 valence electrons. The summed E-state index contributed by atoms with van der Waals surface area (Å²) in [5.41, 5.74) is 0.997. The van der Waals surface area contributed by atoms with Crippen LogP contribution in [-0.2, 0) is 4.79 Å². The highest BCUT2D eigenvalue weighted by atomic mass is 16.5. The summed E-state index contributed by atoms with van der Waals surface area (Å²) in [5.74, 6) is 0.968. The number of likely N-dealkylation sites (tertiary alicyclic amines) is 1. The summed E-state index contributed by atoms with van der Waals surface area (Å²) >= 11 is 0.